The van der Waals surface area contributed by atoms with Gasteiger partial charge in [-0.05, 0) is 24.1 Å². The minimum Gasteiger partial charge on any atom is -0.497 e. The number of carbonyl (C=O) groups excluding carboxylic acids is 2. The molecule has 0 aliphatic carbocycles. The second-order valence-corrected chi connectivity index (χ2v) is 6.26. The number of benzene rings is 1. The van der Waals surface area contributed by atoms with E-state index in [0.717, 1.165) is 11.3 Å². The van der Waals surface area contributed by atoms with Crippen LogP contribution in [0.5, 0.6) is 5.75 Å². The van der Waals surface area contributed by atoms with Crippen LogP contribution in [0.1, 0.15) is 18.4 Å². The fourth-order valence-electron chi connectivity index (χ4n) is 3.20. The molecule has 7 nitrogen and oxygen atoms in total. The van der Waals surface area contributed by atoms with Crippen molar-refractivity contribution in [1.29, 1.82) is 0 Å². The Hall–Kier alpha value is -2.12. The number of carbonyl (C=O) groups is 2. The molecule has 1 aromatic carbocycles. The average molecular weight is 348 g/mol. The van der Waals surface area contributed by atoms with Crippen LogP contribution < -0.4 is 10.1 Å². The van der Waals surface area contributed by atoms with Crippen LogP contribution in [0, 0.1) is 0 Å². The van der Waals surface area contributed by atoms with Crippen LogP contribution in [0.15, 0.2) is 24.3 Å². The quantitative estimate of drug-likeness (QED) is 0.812. The minimum atomic E-state index is -0.563. The lowest BCUT2D eigenvalue weighted by Crippen LogP contribution is -2.51. The summed E-state index contributed by atoms with van der Waals surface area (Å²) in [6, 6.07) is 7.65. The summed E-state index contributed by atoms with van der Waals surface area (Å²) >= 11 is 0. The fourth-order valence-corrected chi connectivity index (χ4v) is 3.20. The summed E-state index contributed by atoms with van der Waals surface area (Å²) in [6.07, 6.45) is 1.85. The molecule has 3 rings (SSSR count). The zero-order valence-corrected chi connectivity index (χ0v) is 14.5. The van der Waals surface area contributed by atoms with Crippen molar-refractivity contribution in [3.8, 4) is 5.75 Å². The van der Waals surface area contributed by atoms with Crippen LogP contribution in [-0.4, -0.2) is 62.5 Å². The van der Waals surface area contributed by atoms with Crippen LogP contribution in [0.3, 0.4) is 0 Å². The van der Waals surface area contributed by atoms with E-state index in [0.29, 0.717) is 52.1 Å². The Bertz CT molecular complexity index is 618. The lowest BCUT2D eigenvalue weighted by atomic mass is 10.0. The molecule has 2 amide bonds. The zero-order valence-electron chi connectivity index (χ0n) is 14.5. The van der Waals surface area contributed by atoms with E-state index < -0.39 is 17.6 Å². The lowest BCUT2D eigenvalue weighted by Gasteiger charge is -2.37. The van der Waals surface area contributed by atoms with Crippen LogP contribution in [0.25, 0.3) is 0 Å². The molecule has 0 bridgehead atoms. The van der Waals surface area contributed by atoms with Crippen molar-refractivity contribution in [3.63, 3.8) is 0 Å². The number of amides is 2. The van der Waals surface area contributed by atoms with E-state index in [4.69, 9.17) is 14.2 Å². The van der Waals surface area contributed by atoms with Gasteiger partial charge in [0, 0.05) is 32.5 Å². The molecule has 1 aromatic rings. The second-order valence-electron chi connectivity index (χ2n) is 6.26. The lowest BCUT2D eigenvalue weighted by molar-refractivity contribution is -0.188. The van der Waals surface area contributed by atoms with Crippen molar-refractivity contribution in [1.82, 2.24) is 10.2 Å². The van der Waals surface area contributed by atoms with Crippen LogP contribution in [0.4, 0.5) is 0 Å². The fraction of sp³-hybridized carbons (Fsp3) is 0.556. The molecule has 25 heavy (non-hydrogen) atoms. The first kappa shape index (κ1) is 17.7. The largest absolute Gasteiger partial charge is 0.497 e. The van der Waals surface area contributed by atoms with E-state index in [1.54, 1.807) is 12.0 Å². The van der Waals surface area contributed by atoms with Crippen LogP contribution in [0.2, 0.25) is 0 Å². The van der Waals surface area contributed by atoms with Gasteiger partial charge in [-0.15, -0.1) is 0 Å². The first-order valence-corrected chi connectivity index (χ1v) is 8.60. The molecule has 7 heteroatoms. The summed E-state index contributed by atoms with van der Waals surface area (Å²) in [5.41, 5.74) is 1.04. The molecule has 1 N–H and O–H groups in total. The molecule has 0 atom stereocenters. The van der Waals surface area contributed by atoms with Crippen molar-refractivity contribution < 1.29 is 23.8 Å². The molecular formula is C18H24N2O5. The first-order chi connectivity index (χ1) is 12.1. The van der Waals surface area contributed by atoms with Gasteiger partial charge in [0.05, 0.1) is 20.3 Å². The maximum Gasteiger partial charge on any atom is 0.311 e. The molecule has 1 spiro atoms. The summed E-state index contributed by atoms with van der Waals surface area (Å²) in [5.74, 6) is -0.816. The number of nitrogens with one attached hydrogen (secondary N) is 1. The van der Waals surface area contributed by atoms with Gasteiger partial charge in [0.25, 0.3) is 0 Å². The van der Waals surface area contributed by atoms with Crippen LogP contribution >= 0.6 is 0 Å². The van der Waals surface area contributed by atoms with Gasteiger partial charge in [0.2, 0.25) is 0 Å². The van der Waals surface area contributed by atoms with E-state index in [2.05, 4.69) is 5.32 Å². The Balaban J connectivity index is 1.42. The molecule has 2 saturated heterocycles. The van der Waals surface area contributed by atoms with Crippen molar-refractivity contribution in [3.05, 3.63) is 29.8 Å². The Morgan fingerprint density at radius 1 is 1.24 bits per heavy atom. The third-order valence-electron chi connectivity index (χ3n) is 4.65. The van der Waals surface area contributed by atoms with Gasteiger partial charge in [0.1, 0.15) is 5.75 Å². The van der Waals surface area contributed by atoms with E-state index in [1.807, 2.05) is 24.3 Å². The predicted octanol–water partition coefficient (Wildman–Crippen LogP) is 0.719. The number of ether oxygens (including phenoxy) is 3. The van der Waals surface area contributed by atoms with Crippen molar-refractivity contribution in [2.24, 2.45) is 0 Å². The Morgan fingerprint density at radius 3 is 2.64 bits per heavy atom. The van der Waals surface area contributed by atoms with Crippen molar-refractivity contribution >= 4 is 11.8 Å². The average Bonchev–Trinajstić information content (AvgIpc) is 3.10. The van der Waals surface area contributed by atoms with E-state index in [1.165, 1.54) is 0 Å². The second kappa shape index (κ2) is 7.84. The molecule has 0 saturated carbocycles. The number of hydrogen-bond acceptors (Lipinski definition) is 5. The highest BCUT2D eigenvalue weighted by atomic mass is 16.7. The molecule has 0 radical (unpaired) electrons. The number of rotatable bonds is 4. The molecule has 2 fully saturated rings. The Labute approximate surface area is 147 Å². The van der Waals surface area contributed by atoms with Gasteiger partial charge in [-0.25, -0.2) is 0 Å². The Morgan fingerprint density at radius 2 is 1.96 bits per heavy atom. The van der Waals surface area contributed by atoms with Gasteiger partial charge >= 0.3 is 11.8 Å². The molecule has 0 unspecified atom stereocenters. The number of hydrogen-bond donors (Lipinski definition) is 1. The normalized spacial score (nSPS) is 19.0. The smallest absolute Gasteiger partial charge is 0.311 e. The third-order valence-corrected chi connectivity index (χ3v) is 4.65. The van der Waals surface area contributed by atoms with Gasteiger partial charge in [-0.3, -0.25) is 9.59 Å². The van der Waals surface area contributed by atoms with Crippen LogP contribution in [-0.2, 0) is 25.5 Å². The number of methoxy groups -OCH3 is 1. The maximum absolute atomic E-state index is 12.3. The first-order valence-electron chi connectivity index (χ1n) is 8.60. The molecular weight excluding hydrogens is 324 g/mol. The zero-order chi connectivity index (χ0) is 17.7. The highest BCUT2D eigenvalue weighted by Crippen LogP contribution is 2.31. The SMILES string of the molecule is COc1cccc(CCNC(=O)C(=O)N2CCC3(CC2)OCCO3)c1. The van der Waals surface area contributed by atoms with E-state index in [-0.39, 0.29) is 0 Å². The summed E-state index contributed by atoms with van der Waals surface area (Å²) in [6.45, 7) is 2.55. The molecule has 0 aromatic heterocycles. The van der Waals surface area contributed by atoms with E-state index >= 15 is 0 Å². The monoisotopic (exact) mass is 348 g/mol. The number of nitrogens with zero attached hydrogens (tertiary/aromatic N) is 1. The summed E-state index contributed by atoms with van der Waals surface area (Å²) < 4.78 is 16.4. The minimum absolute atomic E-state index is 0.405. The topological polar surface area (TPSA) is 77.1 Å². The van der Waals surface area contributed by atoms with Gasteiger partial charge in [0.15, 0.2) is 5.79 Å². The molecule has 2 aliphatic heterocycles. The predicted molar refractivity (Wildman–Crippen MR) is 90.2 cm³/mol. The van der Waals surface area contributed by atoms with E-state index in [9.17, 15) is 9.59 Å². The Kier molecular flexibility index (Phi) is 5.55. The van der Waals surface area contributed by atoms with Gasteiger partial charge in [-0.2, -0.15) is 0 Å². The standard InChI is InChI=1S/C18H24N2O5/c1-23-15-4-2-3-14(13-15)5-8-19-16(21)17(22)20-9-6-18(7-10-20)24-11-12-25-18/h2-4,13H,5-12H2,1H3,(H,19,21). The molecule has 136 valence electrons. The highest BCUT2D eigenvalue weighted by molar-refractivity contribution is 6.35. The van der Waals surface area contributed by atoms with Gasteiger partial charge < -0.3 is 24.4 Å². The summed E-state index contributed by atoms with van der Waals surface area (Å²) in [5, 5.41) is 2.69. The van der Waals surface area contributed by atoms with Gasteiger partial charge in [-0.1, -0.05) is 12.1 Å². The number of likely N-dealkylation sites (tertiary alicyclic amines) is 1. The summed E-state index contributed by atoms with van der Waals surface area (Å²) in [7, 11) is 1.62. The number of piperidine rings is 1. The summed E-state index contributed by atoms with van der Waals surface area (Å²) in [4.78, 5) is 25.9. The molecule has 2 aliphatic rings. The van der Waals surface area contributed by atoms with Crippen molar-refractivity contribution in [2.75, 3.05) is 40.0 Å². The highest BCUT2D eigenvalue weighted by Gasteiger charge is 2.41. The van der Waals surface area contributed by atoms with Crippen molar-refractivity contribution in [2.45, 2.75) is 25.0 Å². The third kappa shape index (κ3) is 4.29. The maximum atomic E-state index is 12.3. The molecule has 2 heterocycles.